The van der Waals surface area contributed by atoms with Gasteiger partial charge in [-0.1, -0.05) is 13.3 Å². The molecule has 1 aliphatic rings. The highest BCUT2D eigenvalue weighted by Crippen LogP contribution is 2.14. The van der Waals surface area contributed by atoms with Crippen molar-refractivity contribution in [3.8, 4) is 0 Å². The highest BCUT2D eigenvalue weighted by molar-refractivity contribution is 5.81. The van der Waals surface area contributed by atoms with Gasteiger partial charge in [-0.25, -0.2) is 0 Å². The van der Waals surface area contributed by atoms with E-state index in [-0.39, 0.29) is 11.9 Å². The summed E-state index contributed by atoms with van der Waals surface area (Å²) in [5.74, 6) is 0.545. The average molecular weight is 228 g/mol. The molecular formula is C12H24N2O2. The predicted octanol–water partition coefficient (Wildman–Crippen LogP) is 0.999. The molecule has 1 aliphatic heterocycles. The first-order valence-electron chi connectivity index (χ1n) is 6.23. The summed E-state index contributed by atoms with van der Waals surface area (Å²) in [4.78, 5) is 13.6. The molecule has 4 nitrogen and oxygen atoms in total. The summed E-state index contributed by atoms with van der Waals surface area (Å²) in [5, 5.41) is 0. The second kappa shape index (κ2) is 6.86. The van der Waals surface area contributed by atoms with Gasteiger partial charge >= 0.3 is 0 Å². The first-order chi connectivity index (χ1) is 7.65. The Balaban J connectivity index is 2.32. The van der Waals surface area contributed by atoms with Crippen LogP contribution in [0.1, 0.15) is 32.6 Å². The first kappa shape index (κ1) is 13.5. The number of hydrogen-bond acceptors (Lipinski definition) is 3. The molecule has 94 valence electrons. The van der Waals surface area contributed by atoms with E-state index in [4.69, 9.17) is 10.5 Å². The number of carbonyl (C=O) groups is 1. The Morgan fingerprint density at radius 2 is 2.38 bits per heavy atom. The van der Waals surface area contributed by atoms with Gasteiger partial charge in [-0.3, -0.25) is 4.79 Å². The van der Waals surface area contributed by atoms with Crippen LogP contribution in [0.3, 0.4) is 0 Å². The highest BCUT2D eigenvalue weighted by atomic mass is 16.5. The van der Waals surface area contributed by atoms with Crippen molar-refractivity contribution < 1.29 is 9.53 Å². The van der Waals surface area contributed by atoms with Gasteiger partial charge < -0.3 is 15.4 Å². The molecule has 0 aromatic carbocycles. The van der Waals surface area contributed by atoms with Gasteiger partial charge in [0, 0.05) is 20.2 Å². The van der Waals surface area contributed by atoms with Crippen LogP contribution >= 0.6 is 0 Å². The van der Waals surface area contributed by atoms with Gasteiger partial charge in [0.1, 0.15) is 0 Å². The molecule has 0 aliphatic carbocycles. The minimum absolute atomic E-state index is 0.0624. The highest BCUT2D eigenvalue weighted by Gasteiger charge is 2.21. The number of likely N-dealkylation sites (N-methyl/N-ethyl adjacent to an activating group) is 1. The van der Waals surface area contributed by atoms with E-state index in [1.807, 2.05) is 14.0 Å². The average Bonchev–Trinajstić information content (AvgIpc) is 2.29. The minimum Gasteiger partial charge on any atom is -0.381 e. The molecular weight excluding hydrogens is 204 g/mol. The Morgan fingerprint density at radius 1 is 1.62 bits per heavy atom. The van der Waals surface area contributed by atoms with Crippen molar-refractivity contribution in [3.05, 3.63) is 0 Å². The van der Waals surface area contributed by atoms with Gasteiger partial charge in [-0.15, -0.1) is 0 Å². The zero-order chi connectivity index (χ0) is 12.0. The molecule has 2 atom stereocenters. The predicted molar refractivity (Wildman–Crippen MR) is 64.1 cm³/mol. The Morgan fingerprint density at radius 3 is 2.94 bits per heavy atom. The molecule has 1 unspecified atom stereocenters. The third-order valence-corrected chi connectivity index (χ3v) is 3.08. The lowest BCUT2D eigenvalue weighted by molar-refractivity contribution is -0.132. The zero-order valence-corrected chi connectivity index (χ0v) is 10.4. The van der Waals surface area contributed by atoms with Gasteiger partial charge in [0.15, 0.2) is 0 Å². The molecule has 1 rings (SSSR count). The number of nitrogens with zero attached hydrogens (tertiary/aromatic N) is 1. The summed E-state index contributed by atoms with van der Waals surface area (Å²) < 4.78 is 5.40. The second-order valence-corrected chi connectivity index (χ2v) is 4.70. The van der Waals surface area contributed by atoms with Crippen molar-refractivity contribution in [3.63, 3.8) is 0 Å². The van der Waals surface area contributed by atoms with E-state index >= 15 is 0 Å². The molecule has 16 heavy (non-hydrogen) atoms. The van der Waals surface area contributed by atoms with Gasteiger partial charge in [-0.2, -0.15) is 0 Å². The smallest absolute Gasteiger partial charge is 0.239 e. The van der Waals surface area contributed by atoms with E-state index in [0.29, 0.717) is 5.92 Å². The second-order valence-electron chi connectivity index (χ2n) is 4.70. The lowest BCUT2D eigenvalue weighted by atomic mass is 10.0. The van der Waals surface area contributed by atoms with Crippen LogP contribution in [0.5, 0.6) is 0 Å². The topological polar surface area (TPSA) is 55.6 Å². The number of hydrogen-bond donors (Lipinski definition) is 1. The van der Waals surface area contributed by atoms with Gasteiger partial charge in [0.2, 0.25) is 5.91 Å². The summed E-state index contributed by atoms with van der Waals surface area (Å²) in [7, 11) is 1.84. The quantitative estimate of drug-likeness (QED) is 0.763. The first-order valence-corrected chi connectivity index (χ1v) is 6.23. The summed E-state index contributed by atoms with van der Waals surface area (Å²) in [5.41, 5.74) is 5.81. The zero-order valence-electron chi connectivity index (χ0n) is 10.4. The molecule has 4 heteroatoms. The molecule has 0 aromatic rings. The van der Waals surface area contributed by atoms with Crippen molar-refractivity contribution in [2.24, 2.45) is 11.7 Å². The van der Waals surface area contributed by atoms with E-state index in [1.54, 1.807) is 4.90 Å². The van der Waals surface area contributed by atoms with E-state index in [0.717, 1.165) is 45.4 Å². The molecule has 0 radical (unpaired) electrons. The van der Waals surface area contributed by atoms with Crippen molar-refractivity contribution >= 4 is 5.91 Å². The Kier molecular flexibility index (Phi) is 5.77. The van der Waals surface area contributed by atoms with Crippen LogP contribution in [-0.2, 0) is 9.53 Å². The molecule has 0 aromatic heterocycles. The van der Waals surface area contributed by atoms with E-state index in [9.17, 15) is 4.79 Å². The summed E-state index contributed by atoms with van der Waals surface area (Å²) in [6, 6.07) is -0.334. The van der Waals surface area contributed by atoms with Gasteiger partial charge in [-0.05, 0) is 25.2 Å². The molecule has 1 saturated heterocycles. The van der Waals surface area contributed by atoms with Crippen LogP contribution in [0, 0.1) is 5.92 Å². The molecule has 1 fully saturated rings. The summed E-state index contributed by atoms with van der Waals surface area (Å²) in [6.45, 7) is 4.46. The molecule has 0 saturated carbocycles. The Labute approximate surface area is 98.1 Å². The lowest BCUT2D eigenvalue weighted by Gasteiger charge is -2.28. The number of ether oxygens (including phenoxy) is 1. The van der Waals surface area contributed by atoms with Crippen LogP contribution < -0.4 is 5.73 Å². The number of carbonyl (C=O) groups excluding carboxylic acids is 1. The van der Waals surface area contributed by atoms with Crippen LogP contribution in [-0.4, -0.2) is 43.7 Å². The third-order valence-electron chi connectivity index (χ3n) is 3.08. The molecule has 1 amide bonds. The summed E-state index contributed by atoms with van der Waals surface area (Å²) in [6.07, 6.45) is 3.98. The lowest BCUT2D eigenvalue weighted by Crippen LogP contribution is -2.44. The van der Waals surface area contributed by atoms with Crippen LogP contribution in [0.4, 0.5) is 0 Å². The largest absolute Gasteiger partial charge is 0.381 e. The normalized spacial score (nSPS) is 22.8. The van der Waals surface area contributed by atoms with Crippen LogP contribution in [0.2, 0.25) is 0 Å². The monoisotopic (exact) mass is 228 g/mol. The Bertz CT molecular complexity index is 215. The summed E-state index contributed by atoms with van der Waals surface area (Å²) >= 11 is 0. The molecule has 2 N–H and O–H groups in total. The Hall–Kier alpha value is -0.610. The molecule has 0 bridgehead atoms. The van der Waals surface area contributed by atoms with E-state index in [2.05, 4.69) is 0 Å². The maximum absolute atomic E-state index is 11.9. The van der Waals surface area contributed by atoms with Crippen molar-refractivity contribution in [1.82, 2.24) is 4.90 Å². The van der Waals surface area contributed by atoms with E-state index < -0.39 is 0 Å². The maximum Gasteiger partial charge on any atom is 0.239 e. The molecule has 1 heterocycles. The SMILES string of the molecule is CCC[C@H](N)C(=O)N(C)CC1CCCOC1. The molecule has 0 spiro atoms. The van der Waals surface area contributed by atoms with E-state index in [1.165, 1.54) is 0 Å². The number of nitrogens with two attached hydrogens (primary N) is 1. The van der Waals surface area contributed by atoms with Crippen molar-refractivity contribution in [1.29, 1.82) is 0 Å². The van der Waals surface area contributed by atoms with Crippen LogP contribution in [0.15, 0.2) is 0 Å². The maximum atomic E-state index is 11.9. The van der Waals surface area contributed by atoms with Crippen molar-refractivity contribution in [2.75, 3.05) is 26.8 Å². The fourth-order valence-corrected chi connectivity index (χ4v) is 2.15. The fourth-order valence-electron chi connectivity index (χ4n) is 2.15. The van der Waals surface area contributed by atoms with Gasteiger partial charge in [0.25, 0.3) is 0 Å². The standard InChI is InChI=1S/C12H24N2O2/c1-3-5-11(13)12(15)14(2)8-10-6-4-7-16-9-10/h10-11H,3-9,13H2,1-2H3/t10?,11-/m0/s1. The van der Waals surface area contributed by atoms with Crippen LogP contribution in [0.25, 0.3) is 0 Å². The number of amides is 1. The minimum atomic E-state index is -0.334. The van der Waals surface area contributed by atoms with Gasteiger partial charge in [0.05, 0.1) is 12.6 Å². The van der Waals surface area contributed by atoms with Crippen molar-refractivity contribution in [2.45, 2.75) is 38.6 Å². The third kappa shape index (κ3) is 4.10. The number of rotatable bonds is 5. The fraction of sp³-hybridized carbons (Fsp3) is 0.917.